The van der Waals surface area contributed by atoms with Gasteiger partial charge in [-0.2, -0.15) is 0 Å². The van der Waals surface area contributed by atoms with Gasteiger partial charge in [-0.1, -0.05) is 27.2 Å². The molecule has 108 valence electrons. The molecule has 0 radical (unpaired) electrons. The molecule has 0 aromatic carbocycles. The number of nitrogens with one attached hydrogen (secondary N) is 1. The zero-order chi connectivity index (χ0) is 14.0. The van der Waals surface area contributed by atoms with Crippen LogP contribution in [0, 0.1) is 17.8 Å². The Hall–Kier alpha value is -1.06. The van der Waals surface area contributed by atoms with Crippen LogP contribution in [0.2, 0.25) is 0 Å². The van der Waals surface area contributed by atoms with E-state index in [1.165, 1.54) is 6.42 Å². The van der Waals surface area contributed by atoms with E-state index in [2.05, 4.69) is 26.1 Å². The molecule has 0 bridgehead atoms. The minimum atomic E-state index is -0.698. The average Bonchev–Trinajstić information content (AvgIpc) is 3.12. The third-order valence-corrected chi connectivity index (χ3v) is 4.32. The van der Waals surface area contributed by atoms with Crippen molar-refractivity contribution in [3.63, 3.8) is 0 Å². The number of esters is 1. The van der Waals surface area contributed by atoms with Crippen LogP contribution in [0.3, 0.4) is 0 Å². The minimum Gasteiger partial charge on any atom is -0.455 e. The molecule has 3 unspecified atom stereocenters. The molecule has 2 saturated carbocycles. The number of amides is 1. The second kappa shape index (κ2) is 5.93. The largest absolute Gasteiger partial charge is 0.455 e. The minimum absolute atomic E-state index is 0.0961. The molecule has 2 aliphatic rings. The molecular formula is C15H25NO3. The van der Waals surface area contributed by atoms with Crippen molar-refractivity contribution < 1.29 is 14.3 Å². The predicted molar refractivity (Wildman–Crippen MR) is 72.4 cm³/mol. The molecule has 2 rings (SSSR count). The van der Waals surface area contributed by atoms with Gasteiger partial charge in [0.2, 0.25) is 0 Å². The van der Waals surface area contributed by atoms with Gasteiger partial charge in [0.15, 0.2) is 0 Å². The molecule has 3 atom stereocenters. The van der Waals surface area contributed by atoms with Gasteiger partial charge in [-0.15, -0.1) is 0 Å². The number of carbonyl (C=O) groups excluding carboxylic acids is 2. The average molecular weight is 267 g/mol. The summed E-state index contributed by atoms with van der Waals surface area (Å²) in [7, 11) is 0. The Kier molecular flexibility index (Phi) is 4.48. The second-order valence-electron chi connectivity index (χ2n) is 6.52. The molecule has 0 spiro atoms. The summed E-state index contributed by atoms with van der Waals surface area (Å²) in [6.45, 7) is 6.50. The van der Waals surface area contributed by atoms with Crippen molar-refractivity contribution in [1.29, 1.82) is 0 Å². The van der Waals surface area contributed by atoms with Crippen LogP contribution in [0.15, 0.2) is 0 Å². The highest BCUT2D eigenvalue weighted by Gasteiger charge is 2.35. The summed E-state index contributed by atoms with van der Waals surface area (Å²) in [4.78, 5) is 23.5. The van der Waals surface area contributed by atoms with Crippen LogP contribution in [0.1, 0.15) is 52.9 Å². The van der Waals surface area contributed by atoms with Crippen molar-refractivity contribution in [3.05, 3.63) is 0 Å². The third-order valence-electron chi connectivity index (χ3n) is 4.32. The quantitative estimate of drug-likeness (QED) is 0.630. The summed E-state index contributed by atoms with van der Waals surface area (Å²) >= 11 is 0. The van der Waals surface area contributed by atoms with Gasteiger partial charge in [0, 0.05) is 6.04 Å². The Morgan fingerprint density at radius 3 is 2.42 bits per heavy atom. The van der Waals surface area contributed by atoms with Crippen LogP contribution in [0.25, 0.3) is 0 Å². The molecule has 0 aromatic heterocycles. The van der Waals surface area contributed by atoms with Gasteiger partial charge in [0.1, 0.15) is 6.10 Å². The zero-order valence-corrected chi connectivity index (χ0v) is 12.1. The van der Waals surface area contributed by atoms with E-state index in [1.54, 1.807) is 0 Å². The van der Waals surface area contributed by atoms with E-state index in [-0.39, 0.29) is 12.1 Å². The van der Waals surface area contributed by atoms with Gasteiger partial charge in [-0.3, -0.25) is 4.79 Å². The van der Waals surface area contributed by atoms with Crippen molar-refractivity contribution in [2.24, 2.45) is 17.8 Å². The van der Waals surface area contributed by atoms with E-state index in [9.17, 15) is 9.59 Å². The summed E-state index contributed by atoms with van der Waals surface area (Å²) < 4.78 is 5.48. The molecule has 0 heterocycles. The van der Waals surface area contributed by atoms with Crippen LogP contribution in [0.5, 0.6) is 0 Å². The maximum atomic E-state index is 11.8. The highest BCUT2D eigenvalue weighted by molar-refractivity contribution is 6.32. The van der Waals surface area contributed by atoms with Crippen molar-refractivity contribution in [1.82, 2.24) is 5.32 Å². The summed E-state index contributed by atoms with van der Waals surface area (Å²) in [5.74, 6) is 0.171. The zero-order valence-electron chi connectivity index (χ0n) is 12.1. The first-order valence-corrected chi connectivity index (χ1v) is 7.48. The SMILES string of the molecule is CC1CCC(C(C)C)C(OC(=O)C(=O)NC2CC2)C1. The molecule has 0 saturated heterocycles. The molecule has 0 aromatic rings. The van der Waals surface area contributed by atoms with Crippen LogP contribution >= 0.6 is 0 Å². The lowest BCUT2D eigenvalue weighted by molar-refractivity contribution is -0.164. The van der Waals surface area contributed by atoms with Crippen molar-refractivity contribution in [2.75, 3.05) is 0 Å². The van der Waals surface area contributed by atoms with Crippen molar-refractivity contribution in [2.45, 2.75) is 65.0 Å². The molecule has 19 heavy (non-hydrogen) atoms. The Bertz CT molecular complexity index is 349. The highest BCUT2D eigenvalue weighted by atomic mass is 16.5. The summed E-state index contributed by atoms with van der Waals surface area (Å²) in [6.07, 6.45) is 5.01. The summed E-state index contributed by atoms with van der Waals surface area (Å²) in [5.41, 5.74) is 0. The third kappa shape index (κ3) is 3.95. The molecule has 2 fully saturated rings. The molecule has 1 amide bonds. The molecule has 2 aliphatic carbocycles. The van der Waals surface area contributed by atoms with E-state index in [0.717, 1.165) is 25.7 Å². The molecule has 4 nitrogen and oxygen atoms in total. The second-order valence-corrected chi connectivity index (χ2v) is 6.52. The number of rotatable bonds is 3. The van der Waals surface area contributed by atoms with Gasteiger partial charge in [0.05, 0.1) is 0 Å². The number of hydrogen-bond acceptors (Lipinski definition) is 3. The van der Waals surface area contributed by atoms with Gasteiger partial charge >= 0.3 is 11.9 Å². The van der Waals surface area contributed by atoms with Crippen molar-refractivity contribution >= 4 is 11.9 Å². The first-order chi connectivity index (χ1) is 8.97. The first kappa shape index (κ1) is 14.4. The number of hydrogen-bond donors (Lipinski definition) is 1. The van der Waals surface area contributed by atoms with Crippen LogP contribution < -0.4 is 5.32 Å². The van der Waals surface area contributed by atoms with E-state index in [4.69, 9.17) is 4.74 Å². The van der Waals surface area contributed by atoms with E-state index in [1.807, 2.05) is 0 Å². The smallest absolute Gasteiger partial charge is 0.397 e. The fourth-order valence-electron chi connectivity index (χ4n) is 2.91. The lowest BCUT2D eigenvalue weighted by Gasteiger charge is -2.36. The van der Waals surface area contributed by atoms with E-state index >= 15 is 0 Å². The fourth-order valence-corrected chi connectivity index (χ4v) is 2.91. The number of carbonyl (C=O) groups is 2. The molecular weight excluding hydrogens is 242 g/mol. The maximum Gasteiger partial charge on any atom is 0.397 e. The van der Waals surface area contributed by atoms with Gasteiger partial charge in [0.25, 0.3) is 0 Å². The Balaban J connectivity index is 1.89. The Labute approximate surface area is 115 Å². The van der Waals surface area contributed by atoms with Gasteiger partial charge < -0.3 is 10.1 Å². The monoisotopic (exact) mass is 267 g/mol. The lowest BCUT2D eigenvalue weighted by atomic mass is 9.75. The topological polar surface area (TPSA) is 55.4 Å². The summed E-state index contributed by atoms with van der Waals surface area (Å²) in [6, 6.07) is 0.200. The van der Waals surface area contributed by atoms with Crippen LogP contribution in [0.4, 0.5) is 0 Å². The van der Waals surface area contributed by atoms with Crippen molar-refractivity contribution in [3.8, 4) is 0 Å². The lowest BCUT2D eigenvalue weighted by Crippen LogP contribution is -2.41. The van der Waals surface area contributed by atoms with E-state index < -0.39 is 11.9 Å². The highest BCUT2D eigenvalue weighted by Crippen LogP contribution is 2.35. The Morgan fingerprint density at radius 1 is 1.16 bits per heavy atom. The standard InChI is InChI=1S/C15H25NO3/c1-9(2)12-7-4-10(3)8-13(12)19-15(18)14(17)16-11-5-6-11/h9-13H,4-8H2,1-3H3,(H,16,17). The van der Waals surface area contributed by atoms with Gasteiger partial charge in [-0.05, 0) is 43.4 Å². The predicted octanol–water partition coefficient (Wildman–Crippen LogP) is 2.27. The normalized spacial score (nSPS) is 31.1. The molecule has 0 aliphatic heterocycles. The van der Waals surface area contributed by atoms with Gasteiger partial charge in [-0.25, -0.2) is 4.79 Å². The molecule has 4 heteroatoms. The maximum absolute atomic E-state index is 11.8. The van der Waals surface area contributed by atoms with E-state index in [0.29, 0.717) is 17.8 Å². The fraction of sp³-hybridized carbons (Fsp3) is 0.867. The molecule has 1 N–H and O–H groups in total. The van der Waals surface area contributed by atoms with Crippen LogP contribution in [-0.2, 0) is 14.3 Å². The van der Waals surface area contributed by atoms with Crippen LogP contribution in [-0.4, -0.2) is 24.0 Å². The summed E-state index contributed by atoms with van der Waals surface area (Å²) in [5, 5.41) is 2.69. The first-order valence-electron chi connectivity index (χ1n) is 7.48. The Morgan fingerprint density at radius 2 is 1.84 bits per heavy atom. The number of ether oxygens (including phenoxy) is 1.